The molecule has 0 bridgehead atoms. The van der Waals surface area contributed by atoms with E-state index in [4.69, 9.17) is 4.74 Å². The highest BCUT2D eigenvalue weighted by Crippen LogP contribution is 2.24. The van der Waals surface area contributed by atoms with Crippen LogP contribution in [-0.4, -0.2) is 28.3 Å². The second kappa shape index (κ2) is 7.72. The molecule has 0 atom stereocenters. The summed E-state index contributed by atoms with van der Waals surface area (Å²) in [5, 5.41) is 7.96. The molecule has 1 N–H and O–H groups in total. The fourth-order valence-electron chi connectivity index (χ4n) is 3.44. The van der Waals surface area contributed by atoms with Crippen molar-refractivity contribution in [3.63, 3.8) is 0 Å². The molecule has 0 saturated carbocycles. The van der Waals surface area contributed by atoms with Crippen molar-refractivity contribution in [2.75, 3.05) is 19.0 Å². The first-order valence-corrected chi connectivity index (χ1v) is 9.42. The lowest BCUT2D eigenvalue weighted by atomic mass is 9.98. The number of nitrogens with zero attached hydrogens (tertiary/aromatic N) is 3. The number of nitrogens with one attached hydrogen (secondary N) is 1. The molecule has 0 unspecified atom stereocenters. The van der Waals surface area contributed by atoms with Gasteiger partial charge >= 0.3 is 0 Å². The molecular weight excluding hydrogens is 348 g/mol. The first kappa shape index (κ1) is 18.0. The fraction of sp³-hybridized carbons (Fsp3) is 0.217. The number of anilines is 1. The van der Waals surface area contributed by atoms with Crippen LogP contribution in [0.3, 0.4) is 0 Å². The molecule has 0 spiro atoms. The molecule has 5 nitrogen and oxygen atoms in total. The number of hydrogen-bond donors (Lipinski definition) is 1. The predicted molar refractivity (Wildman–Crippen MR) is 113 cm³/mol. The molecule has 1 aromatic carbocycles. The molecule has 0 fully saturated rings. The summed E-state index contributed by atoms with van der Waals surface area (Å²) in [6.07, 6.45) is 4.71. The van der Waals surface area contributed by atoms with Gasteiger partial charge in [0, 0.05) is 36.8 Å². The monoisotopic (exact) mass is 372 g/mol. The maximum Gasteiger partial charge on any atom is 0.149 e. The van der Waals surface area contributed by atoms with Crippen LogP contribution in [0.15, 0.2) is 60.9 Å². The Morgan fingerprint density at radius 3 is 2.71 bits per heavy atom. The van der Waals surface area contributed by atoms with Crippen molar-refractivity contribution >= 4 is 11.3 Å². The van der Waals surface area contributed by atoms with Crippen molar-refractivity contribution in [3.05, 3.63) is 77.7 Å². The lowest BCUT2D eigenvalue weighted by Crippen LogP contribution is -2.05. The van der Waals surface area contributed by atoms with E-state index in [0.29, 0.717) is 0 Å². The number of ether oxygens (including phenoxy) is 1. The van der Waals surface area contributed by atoms with Gasteiger partial charge in [0.1, 0.15) is 11.6 Å². The van der Waals surface area contributed by atoms with Crippen LogP contribution in [0.2, 0.25) is 0 Å². The number of rotatable bonds is 6. The van der Waals surface area contributed by atoms with Gasteiger partial charge in [-0.05, 0) is 60.7 Å². The van der Waals surface area contributed by atoms with Crippen molar-refractivity contribution < 1.29 is 4.74 Å². The maximum atomic E-state index is 5.26. The van der Waals surface area contributed by atoms with Crippen LogP contribution in [0.5, 0.6) is 5.75 Å². The van der Waals surface area contributed by atoms with E-state index in [1.807, 2.05) is 42.0 Å². The van der Waals surface area contributed by atoms with Crippen LogP contribution in [0.25, 0.3) is 16.6 Å². The largest absolute Gasteiger partial charge is 0.497 e. The Labute approximate surface area is 165 Å². The van der Waals surface area contributed by atoms with E-state index < -0.39 is 0 Å². The SMILES string of the molecule is COc1ccn2nc(NCCc3ccc(-c4ccnc(C)c4)c(C)c3)cc2c1. The van der Waals surface area contributed by atoms with Gasteiger partial charge in [0.05, 0.1) is 12.6 Å². The second-order valence-electron chi connectivity index (χ2n) is 6.98. The average molecular weight is 372 g/mol. The van der Waals surface area contributed by atoms with Crippen molar-refractivity contribution in [2.45, 2.75) is 20.3 Å². The third kappa shape index (κ3) is 3.83. The van der Waals surface area contributed by atoms with Crippen LogP contribution in [-0.2, 0) is 6.42 Å². The lowest BCUT2D eigenvalue weighted by molar-refractivity contribution is 0.414. The minimum atomic E-state index is 0.828. The molecule has 0 aliphatic rings. The highest BCUT2D eigenvalue weighted by atomic mass is 16.5. The first-order valence-electron chi connectivity index (χ1n) is 9.42. The van der Waals surface area contributed by atoms with Gasteiger partial charge in [-0.3, -0.25) is 4.98 Å². The molecule has 4 rings (SSSR count). The van der Waals surface area contributed by atoms with Crippen LogP contribution in [0.1, 0.15) is 16.8 Å². The molecule has 0 saturated heterocycles. The van der Waals surface area contributed by atoms with E-state index >= 15 is 0 Å². The zero-order valence-corrected chi connectivity index (χ0v) is 16.4. The summed E-state index contributed by atoms with van der Waals surface area (Å²) >= 11 is 0. The van der Waals surface area contributed by atoms with Crippen LogP contribution >= 0.6 is 0 Å². The summed E-state index contributed by atoms with van der Waals surface area (Å²) in [5.74, 6) is 1.70. The highest BCUT2D eigenvalue weighted by Gasteiger charge is 2.05. The van der Waals surface area contributed by atoms with E-state index in [1.54, 1.807) is 7.11 Å². The zero-order valence-electron chi connectivity index (χ0n) is 16.4. The minimum Gasteiger partial charge on any atom is -0.497 e. The standard InChI is InChI=1S/C23H24N4O/c1-16-12-18(4-5-22(16)19-7-10-24-17(2)13-19)6-9-25-23-15-20-14-21(28-3)8-11-27(20)26-23/h4-5,7-8,10-15H,6,9H2,1-3H3,(H,25,26). The molecule has 28 heavy (non-hydrogen) atoms. The molecule has 0 amide bonds. The van der Waals surface area contributed by atoms with Gasteiger partial charge < -0.3 is 10.1 Å². The Kier molecular flexibility index (Phi) is 4.98. The molecule has 3 heterocycles. The van der Waals surface area contributed by atoms with Gasteiger partial charge in [0.25, 0.3) is 0 Å². The summed E-state index contributed by atoms with van der Waals surface area (Å²) in [6.45, 7) is 5.01. The minimum absolute atomic E-state index is 0.828. The number of aromatic nitrogens is 3. The number of fused-ring (bicyclic) bond motifs is 1. The normalized spacial score (nSPS) is 11.0. The summed E-state index contributed by atoms with van der Waals surface area (Å²) < 4.78 is 7.11. The number of pyridine rings is 2. The molecule has 0 aliphatic heterocycles. The number of benzene rings is 1. The van der Waals surface area contributed by atoms with Gasteiger partial charge in [-0.25, -0.2) is 4.52 Å². The Balaban J connectivity index is 1.42. The highest BCUT2D eigenvalue weighted by molar-refractivity contribution is 5.67. The van der Waals surface area contributed by atoms with Gasteiger partial charge in [-0.1, -0.05) is 18.2 Å². The van der Waals surface area contributed by atoms with E-state index in [-0.39, 0.29) is 0 Å². The molecule has 0 aliphatic carbocycles. The molecule has 5 heteroatoms. The lowest BCUT2D eigenvalue weighted by Gasteiger charge is -2.10. The Morgan fingerprint density at radius 1 is 1.04 bits per heavy atom. The van der Waals surface area contributed by atoms with Crippen molar-refractivity contribution in [1.29, 1.82) is 0 Å². The van der Waals surface area contributed by atoms with Crippen LogP contribution in [0, 0.1) is 13.8 Å². The fourth-order valence-corrected chi connectivity index (χ4v) is 3.44. The topological polar surface area (TPSA) is 51.5 Å². The first-order chi connectivity index (χ1) is 13.6. The van der Waals surface area contributed by atoms with Crippen LogP contribution in [0.4, 0.5) is 5.82 Å². The number of methoxy groups -OCH3 is 1. The quantitative estimate of drug-likeness (QED) is 0.534. The van der Waals surface area contributed by atoms with Crippen molar-refractivity contribution in [3.8, 4) is 16.9 Å². The third-order valence-corrected chi connectivity index (χ3v) is 4.89. The summed E-state index contributed by atoms with van der Waals surface area (Å²) in [7, 11) is 1.67. The maximum absolute atomic E-state index is 5.26. The molecule has 0 radical (unpaired) electrons. The van der Waals surface area contributed by atoms with Crippen LogP contribution < -0.4 is 10.1 Å². The number of aryl methyl sites for hydroxylation is 2. The molecule has 142 valence electrons. The molecule has 4 aromatic rings. The van der Waals surface area contributed by atoms with Gasteiger partial charge in [0.2, 0.25) is 0 Å². The number of hydrogen-bond acceptors (Lipinski definition) is 4. The Hall–Kier alpha value is -3.34. The second-order valence-corrected chi connectivity index (χ2v) is 6.98. The van der Waals surface area contributed by atoms with Crippen molar-refractivity contribution in [2.24, 2.45) is 0 Å². The van der Waals surface area contributed by atoms with Crippen molar-refractivity contribution in [1.82, 2.24) is 14.6 Å². The summed E-state index contributed by atoms with van der Waals surface area (Å²) in [6, 6.07) is 16.8. The van der Waals surface area contributed by atoms with Gasteiger partial charge in [-0.15, -0.1) is 0 Å². The van der Waals surface area contributed by atoms with E-state index in [2.05, 4.69) is 52.7 Å². The smallest absolute Gasteiger partial charge is 0.149 e. The summed E-state index contributed by atoms with van der Waals surface area (Å²) in [4.78, 5) is 4.28. The van der Waals surface area contributed by atoms with Gasteiger partial charge in [0.15, 0.2) is 0 Å². The molecule has 3 aromatic heterocycles. The van der Waals surface area contributed by atoms with E-state index in [0.717, 1.165) is 35.7 Å². The van der Waals surface area contributed by atoms with Gasteiger partial charge in [-0.2, -0.15) is 5.10 Å². The third-order valence-electron chi connectivity index (χ3n) is 4.89. The van der Waals surface area contributed by atoms with E-state index in [9.17, 15) is 0 Å². The predicted octanol–water partition coefficient (Wildman–Crippen LogP) is 4.68. The summed E-state index contributed by atoms with van der Waals surface area (Å²) in [5.41, 5.74) is 7.11. The zero-order chi connectivity index (χ0) is 19.5. The Bertz CT molecular complexity index is 1120. The van der Waals surface area contributed by atoms with E-state index in [1.165, 1.54) is 22.3 Å². The average Bonchev–Trinajstić information content (AvgIpc) is 3.10. The Morgan fingerprint density at radius 2 is 1.93 bits per heavy atom. The molecular formula is C23H24N4O.